The van der Waals surface area contributed by atoms with E-state index in [1.165, 1.54) is 43.2 Å². The van der Waals surface area contributed by atoms with Crippen molar-refractivity contribution in [2.75, 3.05) is 0 Å². The summed E-state index contributed by atoms with van der Waals surface area (Å²) in [6.45, 7) is 6.51. The Kier molecular flexibility index (Phi) is 6.84. The Morgan fingerprint density at radius 2 is 1.44 bits per heavy atom. The van der Waals surface area contributed by atoms with Gasteiger partial charge in [-0.05, 0) is 65.3 Å². The second-order valence-electron chi connectivity index (χ2n) is 11.6. The first-order chi connectivity index (χ1) is 22.2. The van der Waals surface area contributed by atoms with E-state index in [9.17, 15) is 0 Å². The lowest BCUT2D eigenvalue weighted by atomic mass is 9.64. The van der Waals surface area contributed by atoms with Crippen LogP contribution in [0.4, 0.5) is 0 Å². The van der Waals surface area contributed by atoms with Crippen molar-refractivity contribution in [2.24, 2.45) is 0 Å². The zero-order valence-corrected chi connectivity index (χ0v) is 26.0. The van der Waals surface area contributed by atoms with Crippen molar-refractivity contribution in [1.82, 2.24) is 9.97 Å². The maximum atomic E-state index is 5.27. The lowest BCUT2D eigenvalue weighted by Crippen LogP contribution is -2.33. The number of allylic oxidation sites excluding steroid dienone is 8. The third kappa shape index (κ3) is 4.26. The van der Waals surface area contributed by atoms with Crippen LogP contribution >= 0.6 is 11.8 Å². The summed E-state index contributed by atoms with van der Waals surface area (Å²) in [5, 5.41) is 0. The molecule has 5 aromatic rings. The molecule has 3 heteroatoms. The van der Waals surface area contributed by atoms with Crippen molar-refractivity contribution in [3.05, 3.63) is 179 Å². The molecule has 2 nitrogen and oxygen atoms in total. The van der Waals surface area contributed by atoms with E-state index in [0.29, 0.717) is 0 Å². The van der Waals surface area contributed by atoms with Crippen molar-refractivity contribution < 1.29 is 0 Å². The lowest BCUT2D eigenvalue weighted by molar-refractivity contribution is 0.677. The monoisotopic (exact) mass is 596 g/mol. The Morgan fingerprint density at radius 3 is 2.13 bits per heavy atom. The topological polar surface area (TPSA) is 25.8 Å². The summed E-state index contributed by atoms with van der Waals surface area (Å²) in [5.74, 6) is 0.742. The second kappa shape index (κ2) is 11.2. The third-order valence-corrected chi connectivity index (χ3v) is 10.3. The van der Waals surface area contributed by atoms with Gasteiger partial charge >= 0.3 is 0 Å². The molecule has 0 bridgehead atoms. The van der Waals surface area contributed by atoms with Gasteiger partial charge < -0.3 is 0 Å². The molecule has 2 aliphatic carbocycles. The molecule has 0 fully saturated rings. The van der Waals surface area contributed by atoms with E-state index in [1.54, 1.807) is 0 Å². The fourth-order valence-corrected chi connectivity index (χ4v) is 8.65. The van der Waals surface area contributed by atoms with Crippen molar-refractivity contribution in [1.29, 1.82) is 0 Å². The molecule has 1 spiro atoms. The van der Waals surface area contributed by atoms with Crippen LogP contribution in [0.3, 0.4) is 0 Å². The molecule has 1 unspecified atom stereocenters. The highest BCUT2D eigenvalue weighted by molar-refractivity contribution is 8.03. The molecule has 0 radical (unpaired) electrons. The fraction of sp³-hybridized carbons (Fsp3) is 0.0952. The van der Waals surface area contributed by atoms with Gasteiger partial charge in [-0.2, -0.15) is 0 Å². The Labute approximate surface area is 269 Å². The SMILES string of the molecule is C=CC1=C(/C=C\C)Sc2ccccc2C12C1=C(C=CCC1)c1c(-c3nc(-c4ccccc4)cc(-c4ccccc4)n3)cccc12. The average Bonchev–Trinajstić information content (AvgIpc) is 3.40. The fourth-order valence-electron chi connectivity index (χ4n) is 7.39. The normalized spacial score (nSPS) is 18.3. The van der Waals surface area contributed by atoms with Crippen LogP contribution in [0.2, 0.25) is 0 Å². The molecule has 4 aromatic carbocycles. The van der Waals surface area contributed by atoms with Crippen LogP contribution in [0.5, 0.6) is 0 Å². The minimum atomic E-state index is -0.427. The van der Waals surface area contributed by atoms with Crippen molar-refractivity contribution in [3.63, 3.8) is 0 Å². The summed E-state index contributed by atoms with van der Waals surface area (Å²) in [6, 6.07) is 38.6. The molecule has 1 atom stereocenters. The van der Waals surface area contributed by atoms with Gasteiger partial charge in [0, 0.05) is 26.5 Å². The summed E-state index contributed by atoms with van der Waals surface area (Å²) in [4.78, 5) is 13.1. The second-order valence-corrected chi connectivity index (χ2v) is 12.7. The molecule has 216 valence electrons. The molecule has 0 amide bonds. The smallest absolute Gasteiger partial charge is 0.161 e. The maximum absolute atomic E-state index is 5.27. The molecule has 1 aliphatic heterocycles. The highest BCUT2D eigenvalue weighted by atomic mass is 32.2. The van der Waals surface area contributed by atoms with E-state index < -0.39 is 5.41 Å². The Hall–Kier alpha value is -4.99. The van der Waals surface area contributed by atoms with Gasteiger partial charge in [-0.15, -0.1) is 0 Å². The number of benzene rings is 4. The predicted octanol–water partition coefficient (Wildman–Crippen LogP) is 11.0. The van der Waals surface area contributed by atoms with Crippen molar-refractivity contribution in [2.45, 2.75) is 30.1 Å². The van der Waals surface area contributed by atoms with Gasteiger partial charge in [0.05, 0.1) is 16.8 Å². The minimum Gasteiger partial charge on any atom is -0.228 e. The average molecular weight is 597 g/mol. The standard InChI is InChI=1S/C42H32N2S/c1-3-16-38-32(4-2)42(34-24-13-14-26-39(34)45-38)33-23-12-11-21-30(33)40-31(22-15-25-35(40)42)41-43-36(28-17-7-5-8-18-28)27-37(44-41)29-19-9-6-10-20-29/h3-11,13-22,24-27H,2,12,23H2,1H3/b16-3-. The Morgan fingerprint density at radius 1 is 0.778 bits per heavy atom. The van der Waals surface area contributed by atoms with Crippen LogP contribution in [-0.4, -0.2) is 9.97 Å². The van der Waals surface area contributed by atoms with E-state index in [-0.39, 0.29) is 0 Å². The van der Waals surface area contributed by atoms with Crippen LogP contribution in [-0.2, 0) is 5.41 Å². The van der Waals surface area contributed by atoms with Crippen molar-refractivity contribution in [3.8, 4) is 33.9 Å². The van der Waals surface area contributed by atoms with Gasteiger partial charge in [-0.25, -0.2) is 9.97 Å². The van der Waals surface area contributed by atoms with Gasteiger partial charge in [0.15, 0.2) is 5.82 Å². The first-order valence-electron chi connectivity index (χ1n) is 15.6. The first-order valence-corrected chi connectivity index (χ1v) is 16.4. The molecule has 2 heterocycles. The van der Waals surface area contributed by atoms with E-state index in [2.05, 4.69) is 141 Å². The maximum Gasteiger partial charge on any atom is 0.161 e. The minimum absolute atomic E-state index is 0.427. The molecule has 1 aromatic heterocycles. The van der Waals surface area contributed by atoms with E-state index in [0.717, 1.165) is 46.7 Å². The molecule has 8 rings (SSSR count). The van der Waals surface area contributed by atoms with E-state index in [4.69, 9.17) is 9.97 Å². The zero-order chi connectivity index (χ0) is 30.4. The third-order valence-electron chi connectivity index (χ3n) is 9.17. The predicted molar refractivity (Wildman–Crippen MR) is 189 cm³/mol. The molecule has 45 heavy (non-hydrogen) atoms. The highest BCUT2D eigenvalue weighted by Gasteiger charge is 2.52. The summed E-state index contributed by atoms with van der Waals surface area (Å²) in [6.07, 6.45) is 13.2. The molecular formula is C42H32N2S. The number of hydrogen-bond acceptors (Lipinski definition) is 3. The van der Waals surface area contributed by atoms with E-state index >= 15 is 0 Å². The van der Waals surface area contributed by atoms with Crippen LogP contribution in [0, 0.1) is 0 Å². The van der Waals surface area contributed by atoms with Crippen LogP contribution < -0.4 is 0 Å². The van der Waals surface area contributed by atoms with Gasteiger partial charge in [0.1, 0.15) is 0 Å². The van der Waals surface area contributed by atoms with Crippen LogP contribution in [0.25, 0.3) is 39.5 Å². The molecule has 3 aliphatic rings. The summed E-state index contributed by atoms with van der Waals surface area (Å²) in [5.41, 5.74) is 12.5. The first kappa shape index (κ1) is 27.6. The largest absolute Gasteiger partial charge is 0.228 e. The Bertz CT molecular complexity index is 2040. The summed E-state index contributed by atoms with van der Waals surface area (Å²) < 4.78 is 0. The molecule has 0 saturated carbocycles. The van der Waals surface area contributed by atoms with Gasteiger partial charge in [0.2, 0.25) is 0 Å². The van der Waals surface area contributed by atoms with Crippen LogP contribution in [0.15, 0.2) is 167 Å². The number of aromatic nitrogens is 2. The zero-order valence-electron chi connectivity index (χ0n) is 25.2. The number of rotatable bonds is 5. The molecule has 0 saturated heterocycles. The van der Waals surface area contributed by atoms with Crippen LogP contribution in [0.1, 0.15) is 36.5 Å². The van der Waals surface area contributed by atoms with Gasteiger partial charge in [0.25, 0.3) is 0 Å². The lowest BCUT2D eigenvalue weighted by Gasteiger charge is -2.42. The van der Waals surface area contributed by atoms with Gasteiger partial charge in [-0.3, -0.25) is 0 Å². The molecular weight excluding hydrogens is 565 g/mol. The van der Waals surface area contributed by atoms with E-state index in [1.807, 2.05) is 23.9 Å². The number of thioether (sulfide) groups is 1. The van der Waals surface area contributed by atoms with Crippen molar-refractivity contribution >= 4 is 17.3 Å². The Balaban J connectivity index is 1.46. The number of fused-ring (bicyclic) bond motifs is 6. The highest BCUT2D eigenvalue weighted by Crippen LogP contribution is 2.64. The number of nitrogens with zero attached hydrogens (tertiary/aromatic N) is 2. The van der Waals surface area contributed by atoms with Gasteiger partial charge in [-0.1, -0.05) is 146 Å². The molecule has 0 N–H and O–H groups in total. The quantitative estimate of drug-likeness (QED) is 0.202. The number of hydrogen-bond donors (Lipinski definition) is 0. The summed E-state index contributed by atoms with van der Waals surface area (Å²) >= 11 is 1.85. The summed E-state index contributed by atoms with van der Waals surface area (Å²) in [7, 11) is 0.